The van der Waals surface area contributed by atoms with Crippen molar-refractivity contribution in [2.24, 2.45) is 0 Å². The highest BCUT2D eigenvalue weighted by Gasteiger charge is 2.13. The number of aromatic nitrogens is 3. The molecule has 0 amide bonds. The van der Waals surface area contributed by atoms with Gasteiger partial charge in [0.15, 0.2) is 5.65 Å². The van der Waals surface area contributed by atoms with Gasteiger partial charge >= 0.3 is 10.8 Å². The van der Waals surface area contributed by atoms with Crippen molar-refractivity contribution >= 4 is 33.6 Å². The molecule has 8 nitrogen and oxygen atoms in total. The van der Waals surface area contributed by atoms with E-state index in [1.165, 1.54) is 16.8 Å². The van der Waals surface area contributed by atoms with E-state index in [1.807, 2.05) is 13.0 Å². The molecule has 1 atom stereocenters. The van der Waals surface area contributed by atoms with Crippen molar-refractivity contribution < 1.29 is 14.6 Å². The molecule has 27 heavy (non-hydrogen) atoms. The first-order valence-electron chi connectivity index (χ1n) is 8.37. The van der Waals surface area contributed by atoms with Crippen molar-refractivity contribution in [3.05, 3.63) is 52.3 Å². The third kappa shape index (κ3) is 5.87. The largest absolute Gasteiger partial charge is 0.459 e. The van der Waals surface area contributed by atoms with Crippen LogP contribution < -0.4 is 10.6 Å². The van der Waals surface area contributed by atoms with Gasteiger partial charge in [-0.25, -0.2) is 9.78 Å². The third-order valence-corrected chi connectivity index (χ3v) is 4.52. The number of nitrogen functional groups attached to an aromatic ring is 1. The van der Waals surface area contributed by atoms with Crippen LogP contribution in [0.5, 0.6) is 0 Å². The van der Waals surface area contributed by atoms with Gasteiger partial charge in [0.25, 0.3) is 0 Å². The van der Waals surface area contributed by atoms with E-state index in [1.54, 1.807) is 12.2 Å². The van der Waals surface area contributed by atoms with Crippen LogP contribution in [0.25, 0.3) is 10.3 Å². The minimum atomic E-state index is -0.832. The van der Waals surface area contributed by atoms with Gasteiger partial charge in [0.1, 0.15) is 6.61 Å². The molecule has 2 heterocycles. The molecule has 0 aromatic carbocycles. The van der Waals surface area contributed by atoms with E-state index in [0.29, 0.717) is 29.7 Å². The maximum atomic E-state index is 12.0. The first-order chi connectivity index (χ1) is 12.9. The number of allylic oxidation sites excluding steroid dienone is 3. The van der Waals surface area contributed by atoms with Crippen LogP contribution in [0.4, 0.5) is 5.95 Å². The fraction of sp³-hybridized carbons (Fsp3) is 0.333. The predicted octanol–water partition coefficient (Wildman–Crippen LogP) is 1.81. The quantitative estimate of drug-likeness (QED) is 0.380. The number of fused-ring (bicyclic) bond motifs is 1. The minimum Gasteiger partial charge on any atom is -0.459 e. The zero-order valence-corrected chi connectivity index (χ0v) is 15.8. The van der Waals surface area contributed by atoms with Crippen molar-refractivity contribution in [2.45, 2.75) is 32.4 Å². The molecular weight excluding hydrogens is 368 g/mol. The molecule has 2 aromatic rings. The van der Waals surface area contributed by atoms with Gasteiger partial charge in [0.05, 0.1) is 22.6 Å². The van der Waals surface area contributed by atoms with E-state index in [9.17, 15) is 14.7 Å². The fourth-order valence-electron chi connectivity index (χ4n) is 2.26. The monoisotopic (exact) mass is 390 g/mol. The van der Waals surface area contributed by atoms with Gasteiger partial charge in [-0.1, -0.05) is 36.1 Å². The Labute approximate surface area is 160 Å². The van der Waals surface area contributed by atoms with Crippen molar-refractivity contribution in [3.8, 4) is 0 Å². The molecule has 9 heteroatoms. The molecule has 0 aliphatic rings. The van der Waals surface area contributed by atoms with E-state index < -0.39 is 12.1 Å². The summed E-state index contributed by atoms with van der Waals surface area (Å²) in [6, 6.07) is 0. The molecule has 0 saturated heterocycles. The summed E-state index contributed by atoms with van der Waals surface area (Å²) in [5, 5.41) is 9.98. The number of esters is 1. The Balaban J connectivity index is 1.81. The number of hydrogen-bond acceptors (Lipinski definition) is 8. The molecule has 144 valence electrons. The number of nitrogens with two attached hydrogens (primary N) is 1. The molecule has 0 radical (unpaired) electrons. The fourth-order valence-corrected chi connectivity index (χ4v) is 3.09. The molecule has 1 unspecified atom stereocenters. The number of thiazole rings is 1. The summed E-state index contributed by atoms with van der Waals surface area (Å²) in [6.07, 6.45) is 8.36. The second kappa shape index (κ2) is 9.79. The van der Waals surface area contributed by atoms with Crippen LogP contribution >= 0.6 is 11.3 Å². The van der Waals surface area contributed by atoms with E-state index >= 15 is 0 Å². The Morgan fingerprint density at radius 3 is 3.04 bits per heavy atom. The number of carbonyl (C=O) groups is 1. The smallest absolute Gasteiger partial charge is 0.337 e. The summed E-state index contributed by atoms with van der Waals surface area (Å²) < 4.78 is 7.19. The second-order valence-corrected chi connectivity index (χ2v) is 6.73. The van der Waals surface area contributed by atoms with Gasteiger partial charge in [-0.2, -0.15) is 4.98 Å². The van der Waals surface area contributed by atoms with Crippen LogP contribution in [0.15, 0.2) is 47.4 Å². The van der Waals surface area contributed by atoms with Crippen molar-refractivity contribution in [1.82, 2.24) is 14.5 Å². The van der Waals surface area contributed by atoms with E-state index in [4.69, 9.17) is 10.5 Å². The van der Waals surface area contributed by atoms with Crippen LogP contribution in [0.1, 0.15) is 19.8 Å². The summed E-state index contributed by atoms with van der Waals surface area (Å²) in [7, 11) is 0. The molecule has 0 aliphatic heterocycles. The molecule has 0 bridgehead atoms. The molecule has 0 fully saturated rings. The molecule has 0 saturated carbocycles. The van der Waals surface area contributed by atoms with Gasteiger partial charge in [-0.3, -0.25) is 9.36 Å². The molecule has 2 rings (SSSR count). The Kier molecular flexibility index (Phi) is 7.44. The summed E-state index contributed by atoms with van der Waals surface area (Å²) in [6.45, 7) is 5.71. The maximum Gasteiger partial charge on any atom is 0.337 e. The summed E-state index contributed by atoms with van der Waals surface area (Å²) >= 11 is 1.05. The standard InChI is InChI=1S/C18H22N4O4S/c1-3-4-5-7-12(2)16(24)26-11-13(23)8-6-9-22-15-14(27-18(22)25)10-20-17(19)21-15/h3-5,7,10,13,23H,2,6,8-9,11H2,1H3,(H2,19,20,21)/b4-3-,7-5-. The number of aliphatic hydroxyl groups excluding tert-OH is 1. The highest BCUT2D eigenvalue weighted by atomic mass is 32.1. The number of aryl methyl sites for hydroxylation is 1. The van der Waals surface area contributed by atoms with Crippen molar-refractivity contribution in [3.63, 3.8) is 0 Å². The molecule has 0 spiro atoms. The van der Waals surface area contributed by atoms with Crippen molar-refractivity contribution in [1.29, 1.82) is 0 Å². The topological polar surface area (TPSA) is 120 Å². The number of hydrogen-bond donors (Lipinski definition) is 2. The summed E-state index contributed by atoms with van der Waals surface area (Å²) in [4.78, 5) is 31.6. The second-order valence-electron chi connectivity index (χ2n) is 5.74. The lowest BCUT2D eigenvalue weighted by molar-refractivity contribution is -0.141. The molecular formula is C18H22N4O4S. The summed E-state index contributed by atoms with van der Waals surface area (Å²) in [5.74, 6) is -0.480. The average molecular weight is 390 g/mol. The SMILES string of the molecule is C=C(/C=C\C=C/C)C(=O)OCC(O)CCCn1c(=O)sc2cnc(N)nc21. The third-order valence-electron chi connectivity index (χ3n) is 3.62. The van der Waals surface area contributed by atoms with Crippen LogP contribution in [0, 0.1) is 0 Å². The normalized spacial score (nSPS) is 12.8. The first kappa shape index (κ1) is 20.5. The van der Waals surface area contributed by atoms with Crippen LogP contribution in [-0.2, 0) is 16.1 Å². The lowest BCUT2D eigenvalue weighted by Gasteiger charge is -2.11. The van der Waals surface area contributed by atoms with Gasteiger partial charge < -0.3 is 15.6 Å². The van der Waals surface area contributed by atoms with Gasteiger partial charge in [0, 0.05) is 6.54 Å². The Bertz CT molecular complexity index is 929. The maximum absolute atomic E-state index is 12.0. The number of nitrogens with zero attached hydrogens (tertiary/aromatic N) is 3. The minimum absolute atomic E-state index is 0.102. The van der Waals surface area contributed by atoms with E-state index in [2.05, 4.69) is 16.5 Å². The highest BCUT2D eigenvalue weighted by Crippen LogP contribution is 2.15. The van der Waals surface area contributed by atoms with Gasteiger partial charge in [-0.05, 0) is 25.8 Å². The summed E-state index contributed by atoms with van der Waals surface area (Å²) in [5.41, 5.74) is 6.26. The number of ether oxygens (including phenoxy) is 1. The van der Waals surface area contributed by atoms with Crippen LogP contribution in [0.3, 0.4) is 0 Å². The lowest BCUT2D eigenvalue weighted by atomic mass is 10.2. The van der Waals surface area contributed by atoms with Crippen LogP contribution in [0.2, 0.25) is 0 Å². The number of aliphatic hydroxyl groups is 1. The van der Waals surface area contributed by atoms with Gasteiger partial charge in [0.2, 0.25) is 5.95 Å². The molecule has 3 N–H and O–H groups in total. The van der Waals surface area contributed by atoms with Gasteiger partial charge in [-0.15, -0.1) is 0 Å². The Morgan fingerprint density at radius 2 is 2.30 bits per heavy atom. The predicted molar refractivity (Wildman–Crippen MR) is 105 cm³/mol. The van der Waals surface area contributed by atoms with E-state index in [0.717, 1.165) is 11.3 Å². The van der Waals surface area contributed by atoms with Crippen LogP contribution in [-0.4, -0.2) is 38.3 Å². The lowest BCUT2D eigenvalue weighted by Crippen LogP contribution is -2.20. The molecule has 0 aliphatic carbocycles. The zero-order chi connectivity index (χ0) is 19.8. The first-order valence-corrected chi connectivity index (χ1v) is 9.19. The zero-order valence-electron chi connectivity index (χ0n) is 15.0. The van der Waals surface area contributed by atoms with Crippen molar-refractivity contribution in [2.75, 3.05) is 12.3 Å². The average Bonchev–Trinajstić information content (AvgIpc) is 2.94. The number of rotatable bonds is 9. The Hall–Kier alpha value is -2.78. The number of carbonyl (C=O) groups excluding carboxylic acids is 1. The van der Waals surface area contributed by atoms with E-state index in [-0.39, 0.29) is 23.0 Å². The Morgan fingerprint density at radius 1 is 1.52 bits per heavy atom. The number of anilines is 1. The molecule has 2 aromatic heterocycles. The highest BCUT2D eigenvalue weighted by molar-refractivity contribution is 7.16.